The van der Waals surface area contributed by atoms with Gasteiger partial charge in [-0.1, -0.05) is 97.1 Å². The molecule has 41 heavy (non-hydrogen) atoms. The Bertz CT molecular complexity index is 2070. The van der Waals surface area contributed by atoms with Crippen molar-refractivity contribution in [2.24, 2.45) is 0 Å². The summed E-state index contributed by atoms with van der Waals surface area (Å²) in [5.41, 5.74) is 7.05. The monoisotopic (exact) mass is 523 g/mol. The average molecular weight is 524 g/mol. The molecule has 0 saturated carbocycles. The lowest BCUT2D eigenvalue weighted by Gasteiger charge is -2.13. The zero-order valence-electron chi connectivity index (χ0n) is 21.9. The number of rotatable bonds is 4. The van der Waals surface area contributed by atoms with Crippen LogP contribution in [0.5, 0.6) is 0 Å². The van der Waals surface area contributed by atoms with Gasteiger partial charge in [0.15, 0.2) is 5.82 Å². The number of nitriles is 2. The molecule has 0 aliphatic heterocycles. The molecule has 190 valence electrons. The Morgan fingerprint density at radius 3 is 1.88 bits per heavy atom. The molecule has 0 bridgehead atoms. The summed E-state index contributed by atoms with van der Waals surface area (Å²) in [6.07, 6.45) is 0. The highest BCUT2D eigenvalue weighted by Gasteiger charge is 2.21. The molecular weight excluding hydrogens is 502 g/mol. The fourth-order valence-corrected chi connectivity index (χ4v) is 5.53. The molecule has 5 heteroatoms. The molecule has 0 N–H and O–H groups in total. The number of hydrogen-bond donors (Lipinski definition) is 0. The Kier molecular flexibility index (Phi) is 5.82. The van der Waals surface area contributed by atoms with Crippen molar-refractivity contribution in [2.75, 3.05) is 0 Å². The van der Waals surface area contributed by atoms with E-state index < -0.39 is 0 Å². The van der Waals surface area contributed by atoms with Crippen LogP contribution in [0.1, 0.15) is 11.1 Å². The van der Waals surface area contributed by atoms with Crippen molar-refractivity contribution < 1.29 is 0 Å². The Balaban J connectivity index is 1.59. The van der Waals surface area contributed by atoms with E-state index in [1.165, 1.54) is 0 Å². The number of benzene rings is 5. The maximum Gasteiger partial charge on any atom is 0.162 e. The van der Waals surface area contributed by atoms with E-state index in [1.807, 2.05) is 91.0 Å². The summed E-state index contributed by atoms with van der Waals surface area (Å²) in [7, 11) is 0. The van der Waals surface area contributed by atoms with Crippen LogP contribution in [-0.2, 0) is 0 Å². The molecule has 5 aromatic carbocycles. The summed E-state index contributed by atoms with van der Waals surface area (Å²) in [6.45, 7) is 0. The van der Waals surface area contributed by atoms with Crippen molar-refractivity contribution in [3.05, 3.63) is 139 Å². The maximum atomic E-state index is 9.96. The number of hydrogen-bond acceptors (Lipinski definition) is 4. The van der Waals surface area contributed by atoms with Gasteiger partial charge in [-0.3, -0.25) is 4.57 Å². The van der Waals surface area contributed by atoms with E-state index in [-0.39, 0.29) is 0 Å². The summed E-state index contributed by atoms with van der Waals surface area (Å²) in [5.74, 6) is 1.36. The molecule has 2 heterocycles. The number of fused-ring (bicyclic) bond motifs is 3. The van der Waals surface area contributed by atoms with E-state index >= 15 is 0 Å². The molecule has 0 amide bonds. The smallest absolute Gasteiger partial charge is 0.162 e. The highest BCUT2D eigenvalue weighted by molar-refractivity contribution is 6.16. The minimum atomic E-state index is 0.466. The van der Waals surface area contributed by atoms with Crippen LogP contribution in [0.2, 0.25) is 0 Å². The summed E-state index contributed by atoms with van der Waals surface area (Å²) in [5, 5.41) is 21.9. The summed E-state index contributed by atoms with van der Waals surface area (Å²) in [4.78, 5) is 10.0. The van der Waals surface area contributed by atoms with Crippen molar-refractivity contribution in [2.45, 2.75) is 0 Å². The summed E-state index contributed by atoms with van der Waals surface area (Å²) in [6, 6.07) is 46.2. The number of nitrogens with zero attached hydrogens (tertiary/aromatic N) is 5. The second kappa shape index (κ2) is 9.93. The van der Waals surface area contributed by atoms with E-state index in [1.54, 1.807) is 18.2 Å². The second-order valence-corrected chi connectivity index (χ2v) is 9.67. The van der Waals surface area contributed by atoms with Gasteiger partial charge in [0.1, 0.15) is 5.82 Å². The first kappa shape index (κ1) is 24.0. The molecule has 2 aromatic heterocycles. The van der Waals surface area contributed by atoms with Gasteiger partial charge in [0.2, 0.25) is 0 Å². The molecule has 0 radical (unpaired) electrons. The molecule has 7 aromatic rings. The van der Waals surface area contributed by atoms with Crippen LogP contribution in [0.25, 0.3) is 61.4 Å². The summed E-state index contributed by atoms with van der Waals surface area (Å²) < 4.78 is 2.15. The first-order chi connectivity index (χ1) is 20.3. The number of para-hydroxylation sites is 1. The highest BCUT2D eigenvalue weighted by Crippen LogP contribution is 2.40. The second-order valence-electron chi connectivity index (χ2n) is 9.67. The maximum absolute atomic E-state index is 9.96. The molecule has 0 atom stereocenters. The third-order valence-electron chi connectivity index (χ3n) is 7.32. The first-order valence-corrected chi connectivity index (χ1v) is 13.2. The molecule has 0 fully saturated rings. The van der Waals surface area contributed by atoms with Crippen LogP contribution in [0.15, 0.2) is 127 Å². The predicted molar refractivity (Wildman–Crippen MR) is 162 cm³/mol. The predicted octanol–water partition coefficient (Wildman–Crippen LogP) is 8.32. The first-order valence-electron chi connectivity index (χ1n) is 13.2. The lowest BCUT2D eigenvalue weighted by atomic mass is 9.92. The quantitative estimate of drug-likeness (QED) is 0.232. The van der Waals surface area contributed by atoms with E-state index in [9.17, 15) is 10.5 Å². The molecule has 0 saturated heterocycles. The largest absolute Gasteiger partial charge is 0.294 e. The minimum absolute atomic E-state index is 0.466. The lowest BCUT2D eigenvalue weighted by Crippen LogP contribution is -2.02. The molecule has 0 aliphatic rings. The topological polar surface area (TPSA) is 78.3 Å². The Hall–Kier alpha value is -6.04. The number of aromatic nitrogens is 3. The third-order valence-corrected chi connectivity index (χ3v) is 7.32. The van der Waals surface area contributed by atoms with Gasteiger partial charge in [-0.15, -0.1) is 0 Å². The van der Waals surface area contributed by atoms with E-state index in [4.69, 9.17) is 9.97 Å². The van der Waals surface area contributed by atoms with Crippen LogP contribution in [0.4, 0.5) is 0 Å². The van der Waals surface area contributed by atoms with Crippen molar-refractivity contribution in [1.29, 1.82) is 10.5 Å². The lowest BCUT2D eigenvalue weighted by molar-refractivity contribution is 1.05. The standard InChI is InChI=1S/C36H21N5/c37-22-26-15-9-16-27(23-38)34(26)29-18-10-20-32-35(29)28-17-7-8-19-31(28)41(32)33-21-30(24-11-3-1-4-12-24)39-36(40-33)25-13-5-2-6-14-25/h1-21H. The normalized spacial score (nSPS) is 10.9. The van der Waals surface area contributed by atoms with Crippen LogP contribution >= 0.6 is 0 Å². The fourth-order valence-electron chi connectivity index (χ4n) is 5.53. The van der Waals surface area contributed by atoms with Crippen LogP contribution in [0, 0.1) is 22.7 Å². The zero-order chi connectivity index (χ0) is 27.8. The SMILES string of the molecule is N#Cc1cccc(C#N)c1-c1cccc2c1c1ccccc1n2-c1cc(-c2ccccc2)nc(-c2ccccc2)n1. The van der Waals surface area contributed by atoms with Crippen LogP contribution < -0.4 is 0 Å². The zero-order valence-corrected chi connectivity index (χ0v) is 21.9. The van der Waals surface area contributed by atoms with Crippen molar-refractivity contribution in [3.8, 4) is 51.7 Å². The van der Waals surface area contributed by atoms with Gasteiger partial charge < -0.3 is 0 Å². The molecular formula is C36H21N5. The minimum Gasteiger partial charge on any atom is -0.294 e. The van der Waals surface area contributed by atoms with Crippen molar-refractivity contribution >= 4 is 21.8 Å². The fraction of sp³-hybridized carbons (Fsp3) is 0. The van der Waals surface area contributed by atoms with Gasteiger partial charge >= 0.3 is 0 Å². The van der Waals surface area contributed by atoms with E-state index in [0.29, 0.717) is 22.5 Å². The Morgan fingerprint density at radius 2 is 1.17 bits per heavy atom. The Labute approximate surface area is 236 Å². The van der Waals surface area contributed by atoms with E-state index in [0.717, 1.165) is 50.0 Å². The average Bonchev–Trinajstić information content (AvgIpc) is 3.39. The van der Waals surface area contributed by atoms with Gasteiger partial charge in [0.25, 0.3) is 0 Å². The highest BCUT2D eigenvalue weighted by atomic mass is 15.1. The molecule has 5 nitrogen and oxygen atoms in total. The van der Waals surface area contributed by atoms with Crippen molar-refractivity contribution in [3.63, 3.8) is 0 Å². The van der Waals surface area contributed by atoms with Crippen LogP contribution in [0.3, 0.4) is 0 Å². The van der Waals surface area contributed by atoms with Gasteiger partial charge in [-0.05, 0) is 29.8 Å². The van der Waals surface area contributed by atoms with Gasteiger partial charge in [0.05, 0.1) is 40.0 Å². The van der Waals surface area contributed by atoms with Gasteiger partial charge in [-0.2, -0.15) is 10.5 Å². The Morgan fingerprint density at radius 1 is 0.561 bits per heavy atom. The summed E-state index contributed by atoms with van der Waals surface area (Å²) >= 11 is 0. The van der Waals surface area contributed by atoms with Crippen molar-refractivity contribution in [1.82, 2.24) is 14.5 Å². The molecule has 0 aliphatic carbocycles. The third kappa shape index (κ3) is 4.01. The molecule has 0 unspecified atom stereocenters. The molecule has 0 spiro atoms. The van der Waals surface area contributed by atoms with Gasteiger partial charge in [0, 0.05) is 33.5 Å². The van der Waals surface area contributed by atoms with E-state index in [2.05, 4.69) is 34.9 Å². The van der Waals surface area contributed by atoms with Crippen LogP contribution in [-0.4, -0.2) is 14.5 Å². The molecule has 7 rings (SSSR count). The van der Waals surface area contributed by atoms with Gasteiger partial charge in [-0.25, -0.2) is 9.97 Å².